The standard InChI is InChI=1S/C18H22N4O2/c1-13-11-22(12-16(24-13)15-7-4-3-5-8-15)14(2)17(23)21-18-19-9-6-10-20-18/h3-10,13-14,16H,11-12H2,1-2H3,(H,19,20,21,23)/t13-,14-,16-/m1/s1. The lowest BCUT2D eigenvalue weighted by Gasteiger charge is -2.39. The first kappa shape index (κ1) is 16.5. The van der Waals surface area contributed by atoms with Crippen molar-refractivity contribution in [3.63, 3.8) is 0 Å². The monoisotopic (exact) mass is 326 g/mol. The minimum atomic E-state index is -0.286. The summed E-state index contributed by atoms with van der Waals surface area (Å²) in [6.07, 6.45) is 3.25. The molecule has 0 saturated carbocycles. The van der Waals surface area contributed by atoms with Crippen molar-refractivity contribution >= 4 is 11.9 Å². The number of ether oxygens (including phenoxy) is 1. The zero-order valence-electron chi connectivity index (χ0n) is 13.9. The van der Waals surface area contributed by atoms with E-state index in [-0.39, 0.29) is 24.2 Å². The van der Waals surface area contributed by atoms with E-state index in [0.717, 1.165) is 5.56 Å². The molecule has 6 heteroatoms. The van der Waals surface area contributed by atoms with Crippen LogP contribution in [0.25, 0.3) is 0 Å². The Hall–Kier alpha value is -2.31. The van der Waals surface area contributed by atoms with Crippen LogP contribution < -0.4 is 5.32 Å². The summed E-state index contributed by atoms with van der Waals surface area (Å²) < 4.78 is 6.05. The van der Waals surface area contributed by atoms with Gasteiger partial charge in [0.2, 0.25) is 11.9 Å². The van der Waals surface area contributed by atoms with Crippen LogP contribution in [0.3, 0.4) is 0 Å². The summed E-state index contributed by atoms with van der Waals surface area (Å²) in [5, 5.41) is 2.76. The van der Waals surface area contributed by atoms with Gasteiger partial charge in [-0.25, -0.2) is 9.97 Å². The predicted octanol–water partition coefficient (Wildman–Crippen LogP) is 2.27. The van der Waals surface area contributed by atoms with Crippen molar-refractivity contribution in [2.45, 2.75) is 32.1 Å². The fraction of sp³-hybridized carbons (Fsp3) is 0.389. The molecule has 1 aliphatic heterocycles. The molecular formula is C18H22N4O2. The van der Waals surface area contributed by atoms with Crippen LogP contribution in [0.4, 0.5) is 5.95 Å². The van der Waals surface area contributed by atoms with E-state index < -0.39 is 0 Å². The predicted molar refractivity (Wildman–Crippen MR) is 91.4 cm³/mol. The second-order valence-corrected chi connectivity index (χ2v) is 6.04. The number of anilines is 1. The molecule has 1 N–H and O–H groups in total. The van der Waals surface area contributed by atoms with Gasteiger partial charge in [0, 0.05) is 25.5 Å². The van der Waals surface area contributed by atoms with Crippen molar-refractivity contribution in [1.29, 1.82) is 0 Å². The van der Waals surface area contributed by atoms with E-state index >= 15 is 0 Å². The van der Waals surface area contributed by atoms with Crippen LogP contribution in [0.15, 0.2) is 48.8 Å². The van der Waals surface area contributed by atoms with Crippen LogP contribution in [-0.4, -0.2) is 46.0 Å². The summed E-state index contributed by atoms with van der Waals surface area (Å²) >= 11 is 0. The largest absolute Gasteiger partial charge is 0.368 e. The van der Waals surface area contributed by atoms with E-state index in [1.807, 2.05) is 32.0 Å². The molecule has 126 valence electrons. The highest BCUT2D eigenvalue weighted by molar-refractivity contribution is 5.93. The van der Waals surface area contributed by atoms with Crippen molar-refractivity contribution in [3.05, 3.63) is 54.4 Å². The third kappa shape index (κ3) is 3.96. The lowest BCUT2D eigenvalue weighted by Crippen LogP contribution is -2.51. The molecule has 24 heavy (non-hydrogen) atoms. The summed E-state index contributed by atoms with van der Waals surface area (Å²) in [6.45, 7) is 5.33. The number of carbonyl (C=O) groups excluding carboxylic acids is 1. The number of amides is 1. The van der Waals surface area contributed by atoms with Crippen molar-refractivity contribution in [2.75, 3.05) is 18.4 Å². The Kier molecular flexibility index (Phi) is 5.17. The summed E-state index contributed by atoms with van der Waals surface area (Å²) in [4.78, 5) is 22.7. The number of hydrogen-bond donors (Lipinski definition) is 1. The van der Waals surface area contributed by atoms with Crippen LogP contribution in [0, 0.1) is 0 Å². The van der Waals surface area contributed by atoms with Gasteiger partial charge in [-0.15, -0.1) is 0 Å². The van der Waals surface area contributed by atoms with Gasteiger partial charge in [0.05, 0.1) is 18.2 Å². The van der Waals surface area contributed by atoms with E-state index in [0.29, 0.717) is 19.0 Å². The number of benzene rings is 1. The second-order valence-electron chi connectivity index (χ2n) is 6.04. The third-order valence-corrected chi connectivity index (χ3v) is 4.19. The van der Waals surface area contributed by atoms with Crippen LogP contribution in [-0.2, 0) is 9.53 Å². The van der Waals surface area contributed by atoms with E-state index in [4.69, 9.17) is 4.74 Å². The minimum absolute atomic E-state index is 0.0295. The number of nitrogens with one attached hydrogen (secondary N) is 1. The van der Waals surface area contributed by atoms with Crippen LogP contribution in [0.1, 0.15) is 25.5 Å². The number of hydrogen-bond acceptors (Lipinski definition) is 5. The second kappa shape index (κ2) is 7.51. The Labute approximate surface area is 141 Å². The van der Waals surface area contributed by atoms with E-state index in [2.05, 4.69) is 32.3 Å². The Morgan fingerprint density at radius 3 is 2.62 bits per heavy atom. The van der Waals surface area contributed by atoms with E-state index in [1.165, 1.54) is 0 Å². The molecule has 6 nitrogen and oxygen atoms in total. The van der Waals surface area contributed by atoms with Crippen molar-refractivity contribution < 1.29 is 9.53 Å². The van der Waals surface area contributed by atoms with Crippen LogP contribution >= 0.6 is 0 Å². The maximum absolute atomic E-state index is 12.5. The quantitative estimate of drug-likeness (QED) is 0.933. The first-order valence-electron chi connectivity index (χ1n) is 8.16. The van der Waals surface area contributed by atoms with Gasteiger partial charge in [0.1, 0.15) is 0 Å². The molecule has 0 radical (unpaired) electrons. The SMILES string of the molecule is C[C@@H]1CN([C@H](C)C(=O)Nc2ncccn2)C[C@H](c2ccccc2)O1. The van der Waals surface area contributed by atoms with Crippen molar-refractivity contribution in [2.24, 2.45) is 0 Å². The zero-order chi connectivity index (χ0) is 16.9. The van der Waals surface area contributed by atoms with Crippen molar-refractivity contribution in [3.8, 4) is 0 Å². The topological polar surface area (TPSA) is 67.4 Å². The van der Waals surface area contributed by atoms with E-state index in [1.54, 1.807) is 18.5 Å². The number of rotatable bonds is 4. The molecule has 0 aliphatic carbocycles. The molecule has 1 aromatic carbocycles. The summed E-state index contributed by atoms with van der Waals surface area (Å²) in [5.74, 6) is 0.220. The molecule has 2 aromatic rings. The summed E-state index contributed by atoms with van der Waals surface area (Å²) in [5.41, 5.74) is 1.13. The normalized spacial score (nSPS) is 22.8. The van der Waals surface area contributed by atoms with Gasteiger partial charge in [-0.2, -0.15) is 0 Å². The molecule has 0 bridgehead atoms. The Morgan fingerprint density at radius 1 is 1.21 bits per heavy atom. The van der Waals surface area contributed by atoms with Gasteiger partial charge in [-0.3, -0.25) is 15.0 Å². The average molecular weight is 326 g/mol. The van der Waals surface area contributed by atoms with E-state index in [9.17, 15) is 4.79 Å². The maximum Gasteiger partial charge on any atom is 0.243 e. The van der Waals surface area contributed by atoms with Gasteiger partial charge >= 0.3 is 0 Å². The fourth-order valence-electron chi connectivity index (χ4n) is 2.90. The van der Waals surface area contributed by atoms with Gasteiger partial charge in [0.15, 0.2) is 0 Å². The molecule has 3 rings (SSSR count). The first-order chi connectivity index (χ1) is 11.6. The van der Waals surface area contributed by atoms with Crippen LogP contribution in [0.2, 0.25) is 0 Å². The third-order valence-electron chi connectivity index (χ3n) is 4.19. The Morgan fingerprint density at radius 2 is 1.92 bits per heavy atom. The lowest BCUT2D eigenvalue weighted by molar-refractivity contribution is -0.128. The molecule has 0 unspecified atom stereocenters. The Bertz CT molecular complexity index is 665. The molecule has 0 spiro atoms. The molecule has 1 amide bonds. The molecule has 3 atom stereocenters. The lowest BCUT2D eigenvalue weighted by atomic mass is 10.1. The molecule has 2 heterocycles. The van der Waals surface area contributed by atoms with Crippen LogP contribution in [0.5, 0.6) is 0 Å². The van der Waals surface area contributed by atoms with Gasteiger partial charge in [0.25, 0.3) is 0 Å². The average Bonchev–Trinajstić information content (AvgIpc) is 2.62. The van der Waals surface area contributed by atoms with Gasteiger partial charge in [-0.1, -0.05) is 30.3 Å². The number of nitrogens with zero attached hydrogens (tertiary/aromatic N) is 3. The Balaban J connectivity index is 1.67. The molecule has 1 saturated heterocycles. The van der Waals surface area contributed by atoms with Gasteiger partial charge in [-0.05, 0) is 25.5 Å². The highest BCUT2D eigenvalue weighted by Crippen LogP contribution is 2.26. The number of carbonyl (C=O) groups is 1. The number of morpholine rings is 1. The minimum Gasteiger partial charge on any atom is -0.368 e. The summed E-state index contributed by atoms with van der Waals surface area (Å²) in [7, 11) is 0. The summed E-state index contributed by atoms with van der Waals surface area (Å²) in [6, 6.07) is 11.5. The highest BCUT2D eigenvalue weighted by atomic mass is 16.5. The fourth-order valence-corrected chi connectivity index (χ4v) is 2.90. The molecular weight excluding hydrogens is 304 g/mol. The number of aromatic nitrogens is 2. The van der Waals surface area contributed by atoms with Gasteiger partial charge < -0.3 is 4.74 Å². The molecule has 1 aliphatic rings. The zero-order valence-corrected chi connectivity index (χ0v) is 13.9. The first-order valence-corrected chi connectivity index (χ1v) is 8.16. The highest BCUT2D eigenvalue weighted by Gasteiger charge is 2.32. The van der Waals surface area contributed by atoms with Crippen molar-refractivity contribution in [1.82, 2.24) is 14.9 Å². The molecule has 1 aromatic heterocycles. The smallest absolute Gasteiger partial charge is 0.243 e. The maximum atomic E-state index is 12.5. The molecule has 1 fully saturated rings.